The van der Waals surface area contributed by atoms with E-state index < -0.39 is 0 Å². The van der Waals surface area contributed by atoms with Crippen LogP contribution in [0.3, 0.4) is 0 Å². The minimum absolute atomic E-state index is 0.0759. The first kappa shape index (κ1) is 12.9. The van der Waals surface area contributed by atoms with E-state index in [1.165, 1.54) is 5.56 Å². The summed E-state index contributed by atoms with van der Waals surface area (Å²) in [6.45, 7) is 0.688. The molecule has 18 heavy (non-hydrogen) atoms. The number of aromatic nitrogens is 1. The van der Waals surface area contributed by atoms with Crippen LogP contribution in [-0.2, 0) is 13.2 Å². The minimum Gasteiger partial charge on any atom is -0.392 e. The molecule has 0 fully saturated rings. The Morgan fingerprint density at radius 3 is 2.67 bits per heavy atom. The Morgan fingerprint density at radius 1 is 1.28 bits per heavy atom. The highest BCUT2D eigenvalue weighted by atomic mass is 35.5. The van der Waals surface area contributed by atoms with Gasteiger partial charge in [0, 0.05) is 25.4 Å². The molecule has 0 atom stereocenters. The van der Waals surface area contributed by atoms with E-state index in [-0.39, 0.29) is 6.61 Å². The van der Waals surface area contributed by atoms with Crippen LogP contribution in [0.2, 0.25) is 5.02 Å². The molecular weight excluding hydrogens is 248 g/mol. The first-order valence-corrected chi connectivity index (χ1v) is 6.09. The molecule has 1 N–H and O–H groups in total. The van der Waals surface area contributed by atoms with Gasteiger partial charge in [-0.15, -0.1) is 0 Å². The average Bonchev–Trinajstić information content (AvgIpc) is 2.40. The summed E-state index contributed by atoms with van der Waals surface area (Å²) in [6.07, 6.45) is 1.57. The van der Waals surface area contributed by atoms with Crippen LogP contribution in [0, 0.1) is 0 Å². The molecule has 0 aliphatic rings. The highest BCUT2D eigenvalue weighted by Crippen LogP contribution is 2.20. The fraction of sp³-hybridized carbons (Fsp3) is 0.214. The molecule has 0 amide bonds. The predicted molar refractivity (Wildman–Crippen MR) is 73.7 cm³/mol. The van der Waals surface area contributed by atoms with Crippen molar-refractivity contribution >= 4 is 17.4 Å². The van der Waals surface area contributed by atoms with Crippen LogP contribution in [0.5, 0.6) is 0 Å². The van der Waals surface area contributed by atoms with Gasteiger partial charge in [-0.1, -0.05) is 41.9 Å². The van der Waals surface area contributed by atoms with Crippen molar-refractivity contribution in [2.45, 2.75) is 13.2 Å². The predicted octanol–water partition coefficient (Wildman–Crippen LogP) is 2.86. The molecule has 1 heterocycles. The number of hydrogen-bond acceptors (Lipinski definition) is 3. The summed E-state index contributed by atoms with van der Waals surface area (Å²) < 4.78 is 0. The van der Waals surface area contributed by atoms with Crippen molar-refractivity contribution in [1.29, 1.82) is 0 Å². The van der Waals surface area contributed by atoms with E-state index in [9.17, 15) is 5.11 Å². The molecule has 94 valence electrons. The second kappa shape index (κ2) is 5.85. The molecule has 0 radical (unpaired) electrons. The monoisotopic (exact) mass is 262 g/mol. The van der Waals surface area contributed by atoms with Gasteiger partial charge in [0.15, 0.2) is 0 Å². The molecule has 0 saturated carbocycles. The third kappa shape index (κ3) is 3.00. The zero-order valence-corrected chi connectivity index (χ0v) is 10.9. The number of rotatable bonds is 4. The second-order valence-corrected chi connectivity index (χ2v) is 4.54. The number of pyridine rings is 1. The van der Waals surface area contributed by atoms with Crippen molar-refractivity contribution in [3.63, 3.8) is 0 Å². The Labute approximate surface area is 112 Å². The fourth-order valence-electron chi connectivity index (χ4n) is 1.74. The molecule has 2 aromatic rings. The summed E-state index contributed by atoms with van der Waals surface area (Å²) in [4.78, 5) is 6.28. The van der Waals surface area contributed by atoms with Gasteiger partial charge in [-0.05, 0) is 11.6 Å². The molecule has 0 spiro atoms. The Morgan fingerprint density at radius 2 is 2.00 bits per heavy atom. The van der Waals surface area contributed by atoms with Crippen molar-refractivity contribution in [2.75, 3.05) is 11.9 Å². The molecule has 0 aliphatic carbocycles. The van der Waals surface area contributed by atoms with Crippen LogP contribution in [-0.4, -0.2) is 17.1 Å². The molecular formula is C14H15ClN2O. The summed E-state index contributed by atoms with van der Waals surface area (Å²) in [5, 5.41) is 9.68. The Hall–Kier alpha value is -1.58. The van der Waals surface area contributed by atoms with E-state index >= 15 is 0 Å². The highest BCUT2D eigenvalue weighted by molar-refractivity contribution is 6.31. The second-order valence-electron chi connectivity index (χ2n) is 4.13. The van der Waals surface area contributed by atoms with Crippen molar-refractivity contribution in [3.05, 3.63) is 58.7 Å². The van der Waals surface area contributed by atoms with Crippen LogP contribution < -0.4 is 4.90 Å². The molecule has 1 aromatic heterocycles. The van der Waals surface area contributed by atoms with Crippen molar-refractivity contribution in [2.24, 2.45) is 0 Å². The van der Waals surface area contributed by atoms with Gasteiger partial charge < -0.3 is 10.0 Å². The van der Waals surface area contributed by atoms with Gasteiger partial charge in [0.1, 0.15) is 5.82 Å². The van der Waals surface area contributed by atoms with Crippen molar-refractivity contribution in [3.8, 4) is 0 Å². The molecule has 0 unspecified atom stereocenters. The molecule has 1 aromatic carbocycles. The lowest BCUT2D eigenvalue weighted by molar-refractivity contribution is 0.282. The summed E-state index contributed by atoms with van der Waals surface area (Å²) in [7, 11) is 1.96. The first-order chi connectivity index (χ1) is 8.70. The third-order valence-corrected chi connectivity index (χ3v) is 3.08. The Bertz CT molecular complexity index is 516. The molecule has 3 nitrogen and oxygen atoms in total. The number of benzene rings is 1. The van der Waals surface area contributed by atoms with Gasteiger partial charge in [-0.2, -0.15) is 0 Å². The quantitative estimate of drug-likeness (QED) is 0.921. The molecule has 0 aliphatic heterocycles. The lowest BCUT2D eigenvalue weighted by Crippen LogP contribution is -2.17. The number of aliphatic hydroxyl groups excluding tert-OH is 1. The standard InChI is InChI=1S/C14H15ClN2O/c1-17(9-11-5-3-2-4-6-11)14-7-12(10-18)13(15)8-16-14/h2-8,18H,9-10H2,1H3. The lowest BCUT2D eigenvalue weighted by atomic mass is 10.2. The zero-order chi connectivity index (χ0) is 13.0. The maximum Gasteiger partial charge on any atom is 0.128 e. The Balaban J connectivity index is 2.16. The number of hydrogen-bond donors (Lipinski definition) is 1. The van der Waals surface area contributed by atoms with Gasteiger partial charge in [0.05, 0.1) is 11.6 Å². The number of anilines is 1. The fourth-order valence-corrected chi connectivity index (χ4v) is 1.90. The van der Waals surface area contributed by atoms with Crippen molar-refractivity contribution < 1.29 is 5.11 Å². The highest BCUT2D eigenvalue weighted by Gasteiger charge is 2.07. The maximum atomic E-state index is 9.18. The number of aliphatic hydroxyl groups is 1. The van der Waals surface area contributed by atoms with Crippen LogP contribution in [0.25, 0.3) is 0 Å². The van der Waals surface area contributed by atoms with E-state index in [2.05, 4.69) is 17.1 Å². The first-order valence-electron chi connectivity index (χ1n) is 5.71. The summed E-state index contributed by atoms with van der Waals surface area (Å²) in [5.41, 5.74) is 1.91. The van der Waals surface area contributed by atoms with E-state index in [1.807, 2.05) is 36.2 Å². The van der Waals surface area contributed by atoms with Gasteiger partial charge in [-0.25, -0.2) is 4.98 Å². The lowest BCUT2D eigenvalue weighted by Gasteiger charge is -2.19. The summed E-state index contributed by atoms with van der Waals surface area (Å²) >= 11 is 5.92. The molecule has 0 saturated heterocycles. The Kier molecular flexibility index (Phi) is 4.18. The van der Waals surface area contributed by atoms with Crippen LogP contribution in [0.1, 0.15) is 11.1 Å². The van der Waals surface area contributed by atoms with Gasteiger partial charge in [0.25, 0.3) is 0 Å². The van der Waals surface area contributed by atoms with Crippen LogP contribution in [0.15, 0.2) is 42.6 Å². The van der Waals surface area contributed by atoms with Crippen LogP contribution >= 0.6 is 11.6 Å². The number of halogens is 1. The van der Waals surface area contributed by atoms with E-state index in [0.29, 0.717) is 10.6 Å². The number of nitrogens with zero attached hydrogens (tertiary/aromatic N) is 2. The largest absolute Gasteiger partial charge is 0.392 e. The molecule has 0 bridgehead atoms. The smallest absolute Gasteiger partial charge is 0.128 e. The average molecular weight is 263 g/mol. The van der Waals surface area contributed by atoms with Crippen molar-refractivity contribution in [1.82, 2.24) is 4.98 Å². The van der Waals surface area contributed by atoms with E-state index in [0.717, 1.165) is 12.4 Å². The zero-order valence-electron chi connectivity index (χ0n) is 10.2. The third-order valence-electron chi connectivity index (χ3n) is 2.74. The van der Waals surface area contributed by atoms with E-state index in [1.54, 1.807) is 6.20 Å². The molecule has 2 rings (SSSR count). The normalized spacial score (nSPS) is 10.4. The van der Waals surface area contributed by atoms with Gasteiger partial charge in [0.2, 0.25) is 0 Å². The summed E-state index contributed by atoms with van der Waals surface area (Å²) in [5.74, 6) is 0.798. The van der Waals surface area contributed by atoms with Gasteiger partial charge in [-0.3, -0.25) is 0 Å². The maximum absolute atomic E-state index is 9.18. The van der Waals surface area contributed by atoms with Gasteiger partial charge >= 0.3 is 0 Å². The summed E-state index contributed by atoms with van der Waals surface area (Å²) in [6, 6.07) is 12.0. The SMILES string of the molecule is CN(Cc1ccccc1)c1cc(CO)c(Cl)cn1. The molecule has 4 heteroatoms. The van der Waals surface area contributed by atoms with Crippen LogP contribution in [0.4, 0.5) is 5.82 Å². The topological polar surface area (TPSA) is 36.4 Å². The van der Waals surface area contributed by atoms with E-state index in [4.69, 9.17) is 11.6 Å². The minimum atomic E-state index is -0.0759.